The quantitative estimate of drug-likeness (QED) is 0.715. The van der Waals surface area contributed by atoms with Gasteiger partial charge in [0.2, 0.25) is 0 Å². The highest BCUT2D eigenvalue weighted by Crippen LogP contribution is 2.24. The van der Waals surface area contributed by atoms with Crippen molar-refractivity contribution < 1.29 is 4.52 Å². The highest BCUT2D eigenvalue weighted by atomic mass is 16.5. The third kappa shape index (κ3) is 2.03. The van der Waals surface area contributed by atoms with Crippen LogP contribution in [0.25, 0.3) is 10.9 Å². The number of aryl methyl sites for hydroxylation is 1. The first-order chi connectivity index (χ1) is 10.3. The molecule has 1 aliphatic rings. The van der Waals surface area contributed by atoms with Crippen molar-refractivity contribution in [2.45, 2.75) is 32.2 Å². The van der Waals surface area contributed by atoms with Gasteiger partial charge in [0.05, 0.1) is 17.4 Å². The summed E-state index contributed by atoms with van der Waals surface area (Å²) in [4.78, 5) is 20.5. The van der Waals surface area contributed by atoms with E-state index in [2.05, 4.69) is 15.1 Å². The van der Waals surface area contributed by atoms with Crippen LogP contribution < -0.4 is 5.56 Å². The lowest BCUT2D eigenvalue weighted by molar-refractivity contribution is 0.367. The van der Waals surface area contributed by atoms with Crippen molar-refractivity contribution in [2.75, 3.05) is 0 Å². The van der Waals surface area contributed by atoms with E-state index in [-0.39, 0.29) is 5.56 Å². The molecule has 6 nitrogen and oxygen atoms in total. The highest BCUT2D eigenvalue weighted by molar-refractivity contribution is 5.75. The second kappa shape index (κ2) is 4.80. The Balaban J connectivity index is 1.76. The van der Waals surface area contributed by atoms with Gasteiger partial charge in [-0.15, -0.1) is 0 Å². The number of nitrogens with zero attached hydrogens (tertiary/aromatic N) is 4. The van der Waals surface area contributed by atoms with Crippen molar-refractivity contribution in [3.8, 4) is 0 Å². The number of hydrogen-bond donors (Lipinski definition) is 0. The van der Waals surface area contributed by atoms with Crippen molar-refractivity contribution in [1.82, 2.24) is 19.7 Å². The number of fused-ring (bicyclic) bond motifs is 2. The monoisotopic (exact) mass is 282 g/mol. The summed E-state index contributed by atoms with van der Waals surface area (Å²) >= 11 is 0. The molecule has 0 spiro atoms. The van der Waals surface area contributed by atoms with E-state index in [9.17, 15) is 4.79 Å². The maximum Gasteiger partial charge on any atom is 0.261 e. The van der Waals surface area contributed by atoms with Crippen LogP contribution in [0.5, 0.6) is 0 Å². The van der Waals surface area contributed by atoms with Gasteiger partial charge in [-0.05, 0) is 25.3 Å². The van der Waals surface area contributed by atoms with Crippen LogP contribution in [-0.4, -0.2) is 19.7 Å². The molecule has 3 aromatic rings. The summed E-state index contributed by atoms with van der Waals surface area (Å²) in [5.74, 6) is 0.980. The van der Waals surface area contributed by atoms with E-state index in [1.54, 1.807) is 17.0 Å². The molecule has 0 fully saturated rings. The van der Waals surface area contributed by atoms with E-state index in [1.807, 2.05) is 6.07 Å². The molecule has 0 amide bonds. The maximum atomic E-state index is 12.4. The molecular formula is C15H14N4O2. The van der Waals surface area contributed by atoms with Gasteiger partial charge in [-0.1, -0.05) is 5.16 Å². The Kier molecular flexibility index (Phi) is 2.80. The second-order valence-corrected chi connectivity index (χ2v) is 5.31. The molecule has 4 rings (SSSR count). The van der Waals surface area contributed by atoms with Gasteiger partial charge >= 0.3 is 0 Å². The first kappa shape index (κ1) is 12.3. The first-order valence-electron chi connectivity index (χ1n) is 7.08. The second-order valence-electron chi connectivity index (χ2n) is 5.31. The third-order valence-corrected chi connectivity index (χ3v) is 4.00. The third-order valence-electron chi connectivity index (χ3n) is 4.00. The standard InChI is InChI=1S/C15H14N4O2/c20-15-11-7-16-9-17-12(11)5-6-19(15)8-13-10-3-1-2-4-14(10)21-18-13/h5-7,9H,1-4,8H2. The minimum absolute atomic E-state index is 0.0966. The van der Waals surface area contributed by atoms with Crippen LogP contribution in [0, 0.1) is 0 Å². The van der Waals surface area contributed by atoms with Gasteiger partial charge in [0.1, 0.15) is 17.8 Å². The van der Waals surface area contributed by atoms with Gasteiger partial charge < -0.3 is 9.09 Å². The molecule has 1 aliphatic carbocycles. The molecule has 0 atom stereocenters. The molecule has 6 heteroatoms. The summed E-state index contributed by atoms with van der Waals surface area (Å²) in [5.41, 5.74) is 2.61. The topological polar surface area (TPSA) is 73.8 Å². The number of pyridine rings is 1. The SMILES string of the molecule is O=c1c2cncnc2ccn1Cc1noc2c1CCCC2. The molecule has 0 bridgehead atoms. The number of hydrogen-bond acceptors (Lipinski definition) is 5. The summed E-state index contributed by atoms with van der Waals surface area (Å²) in [6.45, 7) is 0.433. The zero-order chi connectivity index (χ0) is 14.2. The van der Waals surface area contributed by atoms with Crippen LogP contribution >= 0.6 is 0 Å². The van der Waals surface area contributed by atoms with Crippen LogP contribution in [0.1, 0.15) is 29.9 Å². The maximum absolute atomic E-state index is 12.4. The average molecular weight is 282 g/mol. The van der Waals surface area contributed by atoms with Crippen molar-refractivity contribution in [2.24, 2.45) is 0 Å². The summed E-state index contributed by atoms with van der Waals surface area (Å²) in [6, 6.07) is 1.82. The first-order valence-corrected chi connectivity index (χ1v) is 7.08. The minimum Gasteiger partial charge on any atom is -0.361 e. The van der Waals surface area contributed by atoms with Gasteiger partial charge in [0.15, 0.2) is 0 Å². The Bertz CT molecular complexity index is 865. The summed E-state index contributed by atoms with van der Waals surface area (Å²) in [7, 11) is 0. The van der Waals surface area contributed by atoms with E-state index in [4.69, 9.17) is 4.52 Å². The van der Waals surface area contributed by atoms with Crippen molar-refractivity contribution in [3.63, 3.8) is 0 Å². The van der Waals surface area contributed by atoms with Crippen LogP contribution in [0.3, 0.4) is 0 Å². The fourth-order valence-corrected chi connectivity index (χ4v) is 2.88. The Labute approximate surface area is 120 Å². The molecule has 0 N–H and O–H groups in total. The van der Waals surface area contributed by atoms with Crippen molar-refractivity contribution in [1.29, 1.82) is 0 Å². The molecule has 0 saturated heterocycles. The molecule has 21 heavy (non-hydrogen) atoms. The number of rotatable bonds is 2. The molecule has 0 saturated carbocycles. The molecule has 3 heterocycles. The molecule has 3 aromatic heterocycles. The predicted molar refractivity (Wildman–Crippen MR) is 76.0 cm³/mol. The molecule has 0 unspecified atom stereocenters. The highest BCUT2D eigenvalue weighted by Gasteiger charge is 2.19. The fraction of sp³-hybridized carbons (Fsp3) is 0.333. The van der Waals surface area contributed by atoms with Crippen molar-refractivity contribution >= 4 is 10.9 Å². The van der Waals surface area contributed by atoms with E-state index in [1.165, 1.54) is 11.9 Å². The lowest BCUT2D eigenvalue weighted by Crippen LogP contribution is -2.21. The largest absolute Gasteiger partial charge is 0.361 e. The van der Waals surface area contributed by atoms with Crippen LogP contribution in [0.4, 0.5) is 0 Å². The Morgan fingerprint density at radius 1 is 1.29 bits per heavy atom. The Morgan fingerprint density at radius 3 is 3.14 bits per heavy atom. The van der Waals surface area contributed by atoms with Gasteiger partial charge in [-0.25, -0.2) is 9.97 Å². The smallest absolute Gasteiger partial charge is 0.261 e. The molecular weight excluding hydrogens is 268 g/mol. The van der Waals surface area contributed by atoms with Gasteiger partial charge in [0, 0.05) is 24.4 Å². The number of aromatic nitrogens is 4. The van der Waals surface area contributed by atoms with Crippen molar-refractivity contribution in [3.05, 3.63) is 52.2 Å². The Morgan fingerprint density at radius 2 is 2.19 bits per heavy atom. The molecule has 0 radical (unpaired) electrons. The minimum atomic E-state index is -0.0966. The van der Waals surface area contributed by atoms with E-state index in [0.29, 0.717) is 17.4 Å². The van der Waals surface area contributed by atoms with Crippen LogP contribution in [0.2, 0.25) is 0 Å². The molecule has 0 aliphatic heterocycles. The van der Waals surface area contributed by atoms with E-state index >= 15 is 0 Å². The predicted octanol–water partition coefficient (Wildman–Crippen LogP) is 1.71. The zero-order valence-corrected chi connectivity index (χ0v) is 11.5. The van der Waals surface area contributed by atoms with Crippen LogP contribution in [-0.2, 0) is 19.4 Å². The van der Waals surface area contributed by atoms with Gasteiger partial charge in [-0.3, -0.25) is 4.79 Å². The zero-order valence-electron chi connectivity index (χ0n) is 11.5. The summed E-state index contributed by atoms with van der Waals surface area (Å²) < 4.78 is 7.03. The Hall–Kier alpha value is -2.50. The normalized spacial score (nSPS) is 14.3. The summed E-state index contributed by atoms with van der Waals surface area (Å²) in [5, 5.41) is 4.67. The molecule has 0 aromatic carbocycles. The lowest BCUT2D eigenvalue weighted by Gasteiger charge is -2.10. The fourth-order valence-electron chi connectivity index (χ4n) is 2.88. The lowest BCUT2D eigenvalue weighted by atomic mass is 9.96. The van der Waals surface area contributed by atoms with Gasteiger partial charge in [-0.2, -0.15) is 0 Å². The van der Waals surface area contributed by atoms with Crippen LogP contribution in [0.15, 0.2) is 34.1 Å². The summed E-state index contributed by atoms with van der Waals surface area (Å²) in [6.07, 6.45) is 8.99. The van der Waals surface area contributed by atoms with E-state index in [0.717, 1.165) is 37.1 Å². The van der Waals surface area contributed by atoms with E-state index < -0.39 is 0 Å². The molecule has 106 valence electrons. The van der Waals surface area contributed by atoms with Gasteiger partial charge in [0.25, 0.3) is 5.56 Å². The average Bonchev–Trinajstić information content (AvgIpc) is 2.94.